The van der Waals surface area contributed by atoms with Crippen molar-refractivity contribution >= 4 is 33.2 Å². The summed E-state index contributed by atoms with van der Waals surface area (Å²) < 4.78 is 0.792. The summed E-state index contributed by atoms with van der Waals surface area (Å²) in [5.41, 5.74) is 9.70. The first kappa shape index (κ1) is 14.1. The third kappa shape index (κ3) is 3.25. The zero-order chi connectivity index (χ0) is 14.8. The first-order valence-electron chi connectivity index (χ1n) is 6.76. The van der Waals surface area contributed by atoms with Crippen molar-refractivity contribution in [2.24, 2.45) is 0 Å². The van der Waals surface area contributed by atoms with Crippen molar-refractivity contribution in [2.45, 2.75) is 13.1 Å². The van der Waals surface area contributed by atoms with Gasteiger partial charge < -0.3 is 11.1 Å². The van der Waals surface area contributed by atoms with Crippen LogP contribution in [-0.4, -0.2) is 17.4 Å². The van der Waals surface area contributed by atoms with E-state index in [0.29, 0.717) is 12.2 Å². The number of nitrogens with zero attached hydrogens (tertiary/aromatic N) is 1. The van der Waals surface area contributed by atoms with Gasteiger partial charge in [0.25, 0.3) is 0 Å². The molecule has 1 amide bonds. The lowest BCUT2D eigenvalue weighted by molar-refractivity contribution is -0.117. The molecule has 0 spiro atoms. The molecule has 0 atom stereocenters. The van der Waals surface area contributed by atoms with Gasteiger partial charge in [-0.25, -0.2) is 0 Å². The van der Waals surface area contributed by atoms with Gasteiger partial charge in [0.15, 0.2) is 0 Å². The van der Waals surface area contributed by atoms with Gasteiger partial charge in [-0.15, -0.1) is 0 Å². The number of anilines is 2. The summed E-state index contributed by atoms with van der Waals surface area (Å²) >= 11 is 3.40. The second-order valence-corrected chi connectivity index (χ2v) is 6.06. The second-order valence-electron chi connectivity index (χ2n) is 5.20. The van der Waals surface area contributed by atoms with E-state index in [4.69, 9.17) is 5.73 Å². The Hall–Kier alpha value is -1.85. The van der Waals surface area contributed by atoms with E-state index in [9.17, 15) is 4.79 Å². The van der Waals surface area contributed by atoms with Crippen LogP contribution in [0, 0.1) is 0 Å². The van der Waals surface area contributed by atoms with E-state index in [0.717, 1.165) is 23.2 Å². The Labute approximate surface area is 132 Å². The van der Waals surface area contributed by atoms with Gasteiger partial charge in [-0.2, -0.15) is 0 Å². The molecule has 108 valence electrons. The summed E-state index contributed by atoms with van der Waals surface area (Å²) in [6.07, 6.45) is 0. The molecule has 2 aromatic carbocycles. The largest absolute Gasteiger partial charge is 0.399 e. The predicted octanol–water partition coefficient (Wildman–Crippen LogP) is 2.99. The first-order valence-corrected chi connectivity index (χ1v) is 7.55. The second kappa shape index (κ2) is 5.87. The fourth-order valence-electron chi connectivity index (χ4n) is 2.54. The van der Waals surface area contributed by atoms with Gasteiger partial charge in [0, 0.05) is 23.2 Å². The summed E-state index contributed by atoms with van der Waals surface area (Å²) in [5.74, 6) is -0.0201. The minimum atomic E-state index is -0.0201. The summed E-state index contributed by atoms with van der Waals surface area (Å²) in [6.45, 7) is 2.03. The lowest BCUT2D eigenvalue weighted by atomic mass is 10.1. The van der Waals surface area contributed by atoms with Gasteiger partial charge in [-0.1, -0.05) is 24.3 Å². The molecule has 1 aliphatic rings. The van der Waals surface area contributed by atoms with Gasteiger partial charge in [-0.3, -0.25) is 9.69 Å². The molecule has 0 aromatic heterocycles. The molecule has 0 radical (unpaired) electrons. The Morgan fingerprint density at radius 3 is 2.48 bits per heavy atom. The van der Waals surface area contributed by atoms with Gasteiger partial charge in [0.1, 0.15) is 0 Å². The molecule has 0 aliphatic carbocycles. The van der Waals surface area contributed by atoms with E-state index in [2.05, 4.69) is 38.3 Å². The monoisotopic (exact) mass is 345 g/mol. The maximum atomic E-state index is 12.2. The number of hydrogen-bond acceptors (Lipinski definition) is 3. The van der Waals surface area contributed by atoms with Crippen molar-refractivity contribution in [3.8, 4) is 0 Å². The number of nitrogens with one attached hydrogen (secondary N) is 1. The number of fused-ring (bicyclic) bond motifs is 1. The van der Waals surface area contributed by atoms with E-state index >= 15 is 0 Å². The fourth-order valence-corrected chi connectivity index (χ4v) is 3.04. The van der Waals surface area contributed by atoms with Gasteiger partial charge in [0.05, 0.1) is 12.2 Å². The van der Waals surface area contributed by atoms with Crippen LogP contribution in [0.1, 0.15) is 11.1 Å². The number of benzene rings is 2. The average molecular weight is 346 g/mol. The van der Waals surface area contributed by atoms with Crippen LogP contribution < -0.4 is 11.1 Å². The molecule has 1 aliphatic heterocycles. The van der Waals surface area contributed by atoms with Crippen molar-refractivity contribution < 1.29 is 4.79 Å². The number of amides is 1. The molecule has 1 heterocycles. The van der Waals surface area contributed by atoms with Crippen LogP contribution >= 0.6 is 15.9 Å². The minimum Gasteiger partial charge on any atom is -0.399 e. The lowest BCUT2D eigenvalue weighted by Gasteiger charge is -2.15. The Morgan fingerprint density at radius 2 is 1.86 bits per heavy atom. The molecule has 0 saturated carbocycles. The topological polar surface area (TPSA) is 58.4 Å². The summed E-state index contributed by atoms with van der Waals surface area (Å²) in [4.78, 5) is 14.3. The smallest absolute Gasteiger partial charge is 0.238 e. The molecule has 0 saturated heterocycles. The molecule has 4 nitrogen and oxygen atoms in total. The number of nitrogen functional groups attached to an aromatic ring is 1. The predicted molar refractivity (Wildman–Crippen MR) is 87.7 cm³/mol. The molecule has 3 N–H and O–H groups in total. The van der Waals surface area contributed by atoms with Crippen molar-refractivity contribution in [3.63, 3.8) is 0 Å². The molecule has 3 rings (SSSR count). The molecule has 0 fully saturated rings. The number of nitrogens with two attached hydrogens (primary N) is 1. The highest BCUT2D eigenvalue weighted by atomic mass is 79.9. The minimum absolute atomic E-state index is 0.0201. The molecular weight excluding hydrogens is 330 g/mol. The van der Waals surface area contributed by atoms with Crippen LogP contribution in [0.15, 0.2) is 46.9 Å². The SMILES string of the molecule is Nc1ccc(NC(=O)CN2Cc3ccccc3C2)c(Br)c1. The highest BCUT2D eigenvalue weighted by Crippen LogP contribution is 2.25. The summed E-state index contributed by atoms with van der Waals surface area (Å²) in [7, 11) is 0. The molecule has 0 bridgehead atoms. The zero-order valence-corrected chi connectivity index (χ0v) is 13.1. The third-order valence-electron chi connectivity index (χ3n) is 3.54. The number of carbonyl (C=O) groups excluding carboxylic acids is 1. The van der Waals surface area contributed by atoms with Crippen LogP contribution in [0.5, 0.6) is 0 Å². The van der Waals surface area contributed by atoms with E-state index in [1.54, 1.807) is 18.2 Å². The summed E-state index contributed by atoms with van der Waals surface area (Å²) in [5, 5.41) is 2.91. The normalized spacial score (nSPS) is 14.0. The fraction of sp³-hybridized carbons (Fsp3) is 0.188. The zero-order valence-electron chi connectivity index (χ0n) is 11.5. The van der Waals surface area contributed by atoms with Crippen LogP contribution in [0.25, 0.3) is 0 Å². The number of rotatable bonds is 3. The molecule has 0 unspecified atom stereocenters. The van der Waals surface area contributed by atoms with Crippen LogP contribution in [0.2, 0.25) is 0 Å². The number of hydrogen-bond donors (Lipinski definition) is 2. The van der Waals surface area contributed by atoms with Gasteiger partial charge in [0.2, 0.25) is 5.91 Å². The van der Waals surface area contributed by atoms with Crippen molar-refractivity contribution in [3.05, 3.63) is 58.1 Å². The Kier molecular flexibility index (Phi) is 3.94. The average Bonchev–Trinajstić information content (AvgIpc) is 2.84. The molecule has 2 aromatic rings. The van der Waals surface area contributed by atoms with E-state index in [1.165, 1.54) is 11.1 Å². The van der Waals surface area contributed by atoms with Crippen LogP contribution in [0.3, 0.4) is 0 Å². The summed E-state index contributed by atoms with van der Waals surface area (Å²) in [6, 6.07) is 13.7. The third-order valence-corrected chi connectivity index (χ3v) is 4.20. The standard InChI is InChI=1S/C16H16BrN3O/c17-14-7-13(18)5-6-15(14)19-16(21)10-20-8-11-3-1-2-4-12(11)9-20/h1-7H,8-10,18H2,(H,19,21). The first-order chi connectivity index (χ1) is 10.1. The van der Waals surface area contributed by atoms with Crippen molar-refractivity contribution in [2.75, 3.05) is 17.6 Å². The molecule has 21 heavy (non-hydrogen) atoms. The number of halogens is 1. The van der Waals surface area contributed by atoms with E-state index in [-0.39, 0.29) is 5.91 Å². The lowest BCUT2D eigenvalue weighted by Crippen LogP contribution is -2.29. The Bertz CT molecular complexity index is 662. The molecular formula is C16H16BrN3O. The highest BCUT2D eigenvalue weighted by Gasteiger charge is 2.20. The number of carbonyl (C=O) groups is 1. The quantitative estimate of drug-likeness (QED) is 0.840. The van der Waals surface area contributed by atoms with Gasteiger partial charge in [-0.05, 0) is 45.3 Å². The maximum Gasteiger partial charge on any atom is 0.238 e. The molecule has 5 heteroatoms. The maximum absolute atomic E-state index is 12.2. The van der Waals surface area contributed by atoms with Crippen LogP contribution in [0.4, 0.5) is 11.4 Å². The Morgan fingerprint density at radius 1 is 1.19 bits per heavy atom. The van der Waals surface area contributed by atoms with E-state index < -0.39 is 0 Å². The van der Waals surface area contributed by atoms with Crippen LogP contribution in [-0.2, 0) is 17.9 Å². The van der Waals surface area contributed by atoms with E-state index in [1.807, 2.05) is 12.1 Å². The highest BCUT2D eigenvalue weighted by molar-refractivity contribution is 9.10. The Balaban J connectivity index is 1.61. The van der Waals surface area contributed by atoms with Crippen molar-refractivity contribution in [1.29, 1.82) is 0 Å². The van der Waals surface area contributed by atoms with Gasteiger partial charge >= 0.3 is 0 Å². The van der Waals surface area contributed by atoms with Crippen molar-refractivity contribution in [1.82, 2.24) is 4.90 Å².